The Labute approximate surface area is 128 Å². The molecule has 118 valence electrons. The molecule has 0 saturated carbocycles. The molecule has 0 radical (unpaired) electrons. The Bertz CT molecular complexity index is 460. The SMILES string of the molecule is CCOc1ccc(OCC)c(N2CCCNC(C)(C)C2)c1. The molecule has 1 aromatic carbocycles. The maximum Gasteiger partial charge on any atom is 0.142 e. The van der Waals surface area contributed by atoms with Crippen LogP contribution in [0.15, 0.2) is 18.2 Å². The quantitative estimate of drug-likeness (QED) is 0.904. The zero-order chi connectivity index (χ0) is 15.3. The first kappa shape index (κ1) is 16.0. The van der Waals surface area contributed by atoms with Crippen molar-refractivity contribution in [2.45, 2.75) is 39.7 Å². The van der Waals surface area contributed by atoms with Crippen molar-refractivity contribution in [2.75, 3.05) is 37.7 Å². The smallest absolute Gasteiger partial charge is 0.142 e. The average molecular weight is 292 g/mol. The maximum absolute atomic E-state index is 5.81. The van der Waals surface area contributed by atoms with Crippen LogP contribution in [0.2, 0.25) is 0 Å². The molecule has 0 aliphatic carbocycles. The predicted molar refractivity (Wildman–Crippen MR) is 87.7 cm³/mol. The summed E-state index contributed by atoms with van der Waals surface area (Å²) in [5, 5.41) is 3.60. The van der Waals surface area contributed by atoms with E-state index in [0.717, 1.165) is 43.2 Å². The van der Waals surface area contributed by atoms with Crippen molar-refractivity contribution >= 4 is 5.69 Å². The molecule has 2 rings (SSSR count). The lowest BCUT2D eigenvalue weighted by molar-refractivity contribution is 0.330. The Morgan fingerprint density at radius 3 is 2.67 bits per heavy atom. The number of rotatable bonds is 5. The number of benzene rings is 1. The summed E-state index contributed by atoms with van der Waals surface area (Å²) in [7, 11) is 0. The topological polar surface area (TPSA) is 33.7 Å². The van der Waals surface area contributed by atoms with E-state index in [0.29, 0.717) is 13.2 Å². The summed E-state index contributed by atoms with van der Waals surface area (Å²) in [4.78, 5) is 2.41. The fourth-order valence-electron chi connectivity index (χ4n) is 2.79. The molecule has 1 aromatic rings. The predicted octanol–water partition coefficient (Wildman–Crippen LogP) is 3.06. The van der Waals surface area contributed by atoms with Crippen LogP contribution in [0.3, 0.4) is 0 Å². The first-order valence-electron chi connectivity index (χ1n) is 7.95. The molecule has 1 aliphatic heterocycles. The molecule has 4 heteroatoms. The van der Waals surface area contributed by atoms with Gasteiger partial charge < -0.3 is 19.7 Å². The Hall–Kier alpha value is -1.42. The molecule has 0 amide bonds. The minimum absolute atomic E-state index is 0.0988. The third kappa shape index (κ3) is 4.27. The minimum atomic E-state index is 0.0988. The zero-order valence-corrected chi connectivity index (χ0v) is 13.7. The number of ether oxygens (including phenoxy) is 2. The van der Waals surface area contributed by atoms with E-state index in [9.17, 15) is 0 Å². The van der Waals surface area contributed by atoms with Gasteiger partial charge in [-0.2, -0.15) is 0 Å². The van der Waals surface area contributed by atoms with Crippen molar-refractivity contribution in [1.82, 2.24) is 5.32 Å². The van der Waals surface area contributed by atoms with Gasteiger partial charge in [0, 0.05) is 24.7 Å². The van der Waals surface area contributed by atoms with E-state index in [1.807, 2.05) is 26.0 Å². The van der Waals surface area contributed by atoms with Crippen LogP contribution in [0.1, 0.15) is 34.1 Å². The van der Waals surface area contributed by atoms with Crippen LogP contribution in [0.5, 0.6) is 11.5 Å². The summed E-state index contributed by atoms with van der Waals surface area (Å²) in [6.07, 6.45) is 1.13. The summed E-state index contributed by atoms with van der Waals surface area (Å²) >= 11 is 0. The molecular weight excluding hydrogens is 264 g/mol. The van der Waals surface area contributed by atoms with Crippen molar-refractivity contribution in [3.63, 3.8) is 0 Å². The van der Waals surface area contributed by atoms with E-state index in [4.69, 9.17) is 9.47 Å². The highest BCUT2D eigenvalue weighted by molar-refractivity contribution is 5.62. The molecule has 0 aromatic heterocycles. The zero-order valence-electron chi connectivity index (χ0n) is 13.7. The summed E-state index contributed by atoms with van der Waals surface area (Å²) in [6, 6.07) is 6.12. The largest absolute Gasteiger partial charge is 0.494 e. The second-order valence-corrected chi connectivity index (χ2v) is 6.08. The van der Waals surface area contributed by atoms with Crippen molar-refractivity contribution in [3.05, 3.63) is 18.2 Å². The Kier molecular flexibility index (Phi) is 5.34. The standard InChI is InChI=1S/C17H28N2O2/c1-5-20-14-8-9-16(21-6-2)15(12-14)19-11-7-10-18-17(3,4)13-19/h8-9,12,18H,5-7,10-11,13H2,1-4H3. The number of hydrogen-bond acceptors (Lipinski definition) is 4. The highest BCUT2D eigenvalue weighted by atomic mass is 16.5. The molecule has 0 atom stereocenters. The van der Waals surface area contributed by atoms with Gasteiger partial charge in [-0.3, -0.25) is 0 Å². The van der Waals surface area contributed by atoms with Gasteiger partial charge in [-0.05, 0) is 52.8 Å². The molecule has 1 saturated heterocycles. The molecule has 1 fully saturated rings. The number of nitrogens with one attached hydrogen (secondary N) is 1. The van der Waals surface area contributed by atoms with Gasteiger partial charge in [0.1, 0.15) is 11.5 Å². The van der Waals surface area contributed by atoms with Gasteiger partial charge in [0.15, 0.2) is 0 Å². The molecule has 0 unspecified atom stereocenters. The van der Waals surface area contributed by atoms with Gasteiger partial charge in [0.25, 0.3) is 0 Å². The summed E-state index contributed by atoms with van der Waals surface area (Å²) in [5.41, 5.74) is 1.24. The average Bonchev–Trinajstić information content (AvgIpc) is 2.62. The van der Waals surface area contributed by atoms with Crippen molar-refractivity contribution < 1.29 is 9.47 Å². The van der Waals surface area contributed by atoms with E-state index in [-0.39, 0.29) is 5.54 Å². The summed E-state index contributed by atoms with van der Waals surface area (Å²) < 4.78 is 11.5. The van der Waals surface area contributed by atoms with E-state index in [2.05, 4.69) is 30.1 Å². The molecule has 1 aliphatic rings. The summed E-state index contributed by atoms with van der Waals surface area (Å²) in [6.45, 7) is 12.9. The highest BCUT2D eigenvalue weighted by Crippen LogP contribution is 2.34. The number of hydrogen-bond donors (Lipinski definition) is 1. The first-order valence-corrected chi connectivity index (χ1v) is 7.95. The van der Waals surface area contributed by atoms with Gasteiger partial charge in [-0.15, -0.1) is 0 Å². The lowest BCUT2D eigenvalue weighted by Gasteiger charge is -2.32. The van der Waals surface area contributed by atoms with Crippen LogP contribution in [-0.2, 0) is 0 Å². The molecule has 0 spiro atoms. The minimum Gasteiger partial charge on any atom is -0.494 e. The van der Waals surface area contributed by atoms with Crippen LogP contribution in [0.25, 0.3) is 0 Å². The Balaban J connectivity index is 2.31. The van der Waals surface area contributed by atoms with Crippen LogP contribution in [0, 0.1) is 0 Å². The third-order valence-electron chi connectivity index (χ3n) is 3.68. The first-order chi connectivity index (χ1) is 10.1. The number of nitrogens with zero attached hydrogens (tertiary/aromatic N) is 1. The van der Waals surface area contributed by atoms with Gasteiger partial charge in [-0.1, -0.05) is 0 Å². The van der Waals surface area contributed by atoms with Gasteiger partial charge in [0.2, 0.25) is 0 Å². The maximum atomic E-state index is 5.81. The van der Waals surface area contributed by atoms with Crippen LogP contribution in [0.4, 0.5) is 5.69 Å². The van der Waals surface area contributed by atoms with Crippen LogP contribution < -0.4 is 19.7 Å². The fraction of sp³-hybridized carbons (Fsp3) is 0.647. The van der Waals surface area contributed by atoms with Gasteiger partial charge >= 0.3 is 0 Å². The molecule has 4 nitrogen and oxygen atoms in total. The fourth-order valence-corrected chi connectivity index (χ4v) is 2.79. The second-order valence-electron chi connectivity index (χ2n) is 6.08. The second kappa shape index (κ2) is 7.03. The van der Waals surface area contributed by atoms with Crippen molar-refractivity contribution in [2.24, 2.45) is 0 Å². The van der Waals surface area contributed by atoms with E-state index in [1.54, 1.807) is 0 Å². The van der Waals surface area contributed by atoms with E-state index in [1.165, 1.54) is 0 Å². The lowest BCUT2D eigenvalue weighted by atomic mass is 10.1. The van der Waals surface area contributed by atoms with Gasteiger partial charge in [0.05, 0.1) is 18.9 Å². The van der Waals surface area contributed by atoms with Gasteiger partial charge in [-0.25, -0.2) is 0 Å². The van der Waals surface area contributed by atoms with E-state index >= 15 is 0 Å². The highest BCUT2D eigenvalue weighted by Gasteiger charge is 2.26. The monoisotopic (exact) mass is 292 g/mol. The Morgan fingerprint density at radius 2 is 1.95 bits per heavy atom. The molecule has 21 heavy (non-hydrogen) atoms. The molecule has 0 bridgehead atoms. The van der Waals surface area contributed by atoms with Crippen LogP contribution in [-0.4, -0.2) is 38.4 Å². The molecule has 1 heterocycles. The summed E-state index contributed by atoms with van der Waals surface area (Å²) in [5.74, 6) is 1.85. The van der Waals surface area contributed by atoms with Crippen molar-refractivity contribution in [3.8, 4) is 11.5 Å². The van der Waals surface area contributed by atoms with Crippen molar-refractivity contribution in [1.29, 1.82) is 0 Å². The number of anilines is 1. The van der Waals surface area contributed by atoms with Crippen LogP contribution >= 0.6 is 0 Å². The normalized spacial score (nSPS) is 18.2. The van der Waals surface area contributed by atoms with E-state index < -0.39 is 0 Å². The molecular formula is C17H28N2O2. The third-order valence-corrected chi connectivity index (χ3v) is 3.68. The molecule has 1 N–H and O–H groups in total. The lowest BCUT2D eigenvalue weighted by Crippen LogP contribution is -2.46. The Morgan fingerprint density at radius 1 is 1.19 bits per heavy atom.